The van der Waals surface area contributed by atoms with Crippen LogP contribution < -0.4 is 10.6 Å². The molecule has 1 aromatic heterocycles. The number of halogens is 3. The van der Waals surface area contributed by atoms with E-state index in [-0.39, 0.29) is 29.8 Å². The molecule has 2 rings (SSSR count). The number of pyridine rings is 1. The van der Waals surface area contributed by atoms with Crippen molar-refractivity contribution in [2.75, 3.05) is 19.6 Å². The number of benzene rings is 1. The van der Waals surface area contributed by atoms with Crippen LogP contribution in [0.15, 0.2) is 47.6 Å². The van der Waals surface area contributed by atoms with Crippen molar-refractivity contribution >= 4 is 41.5 Å². The van der Waals surface area contributed by atoms with Gasteiger partial charge in [0, 0.05) is 25.8 Å². The summed E-state index contributed by atoms with van der Waals surface area (Å²) < 4.78 is 12.9. The second-order valence-corrected chi connectivity index (χ2v) is 5.69. The lowest BCUT2D eigenvalue weighted by atomic mass is 10.1. The Morgan fingerprint density at radius 2 is 1.80 bits per heavy atom. The molecule has 0 saturated heterocycles. The molecule has 0 radical (unpaired) electrons. The van der Waals surface area contributed by atoms with E-state index in [2.05, 4.69) is 20.6 Å². The van der Waals surface area contributed by atoms with Crippen molar-refractivity contribution in [2.45, 2.75) is 19.8 Å². The summed E-state index contributed by atoms with van der Waals surface area (Å²) >= 11 is 5.78. The van der Waals surface area contributed by atoms with Gasteiger partial charge in [0.15, 0.2) is 5.96 Å². The van der Waals surface area contributed by atoms with E-state index in [9.17, 15) is 4.39 Å². The largest absolute Gasteiger partial charge is 0.357 e. The first-order chi connectivity index (χ1) is 11.7. The summed E-state index contributed by atoms with van der Waals surface area (Å²) in [6.45, 7) is 4.22. The molecule has 0 aliphatic rings. The van der Waals surface area contributed by atoms with Gasteiger partial charge in [-0.05, 0) is 49.1 Å². The van der Waals surface area contributed by atoms with Crippen molar-refractivity contribution in [3.63, 3.8) is 0 Å². The average Bonchev–Trinajstić information content (AvgIpc) is 2.58. The minimum atomic E-state index is -0.214. The number of hydrogen-bond acceptors (Lipinski definition) is 2. The van der Waals surface area contributed by atoms with Crippen LogP contribution in [0.25, 0.3) is 0 Å². The summed E-state index contributed by atoms with van der Waals surface area (Å²) in [6, 6.07) is 10.3. The Morgan fingerprint density at radius 1 is 1.08 bits per heavy atom. The fourth-order valence-electron chi connectivity index (χ4n) is 2.17. The highest BCUT2D eigenvalue weighted by atomic mass is 127. The Balaban J connectivity index is 0.00000312. The molecule has 25 heavy (non-hydrogen) atoms. The van der Waals surface area contributed by atoms with E-state index in [1.54, 1.807) is 24.4 Å². The van der Waals surface area contributed by atoms with Crippen molar-refractivity contribution < 1.29 is 4.39 Å². The Labute approximate surface area is 170 Å². The molecule has 0 aliphatic heterocycles. The summed E-state index contributed by atoms with van der Waals surface area (Å²) in [5.41, 5.74) is 2.19. The van der Waals surface area contributed by atoms with Crippen LogP contribution in [0.4, 0.5) is 4.39 Å². The zero-order valence-electron chi connectivity index (χ0n) is 14.1. The van der Waals surface area contributed by atoms with E-state index in [1.165, 1.54) is 12.1 Å². The summed E-state index contributed by atoms with van der Waals surface area (Å²) in [5.74, 6) is 0.565. The van der Waals surface area contributed by atoms with E-state index >= 15 is 0 Å². The van der Waals surface area contributed by atoms with Gasteiger partial charge in [0.25, 0.3) is 0 Å². The fourth-order valence-corrected chi connectivity index (χ4v) is 2.28. The Kier molecular flexibility index (Phi) is 10.4. The van der Waals surface area contributed by atoms with Crippen molar-refractivity contribution in [2.24, 2.45) is 4.99 Å². The molecule has 0 aliphatic carbocycles. The summed E-state index contributed by atoms with van der Waals surface area (Å²) in [7, 11) is 0. The number of nitrogens with zero attached hydrogens (tertiary/aromatic N) is 2. The highest BCUT2D eigenvalue weighted by Gasteiger charge is 1.99. The number of hydrogen-bond donors (Lipinski definition) is 2. The highest BCUT2D eigenvalue weighted by molar-refractivity contribution is 14.0. The van der Waals surface area contributed by atoms with Crippen LogP contribution in [-0.2, 0) is 12.8 Å². The molecule has 1 heterocycles. The predicted molar refractivity (Wildman–Crippen MR) is 112 cm³/mol. The zero-order valence-corrected chi connectivity index (χ0v) is 17.2. The van der Waals surface area contributed by atoms with Gasteiger partial charge in [0.2, 0.25) is 0 Å². The minimum Gasteiger partial charge on any atom is -0.357 e. The third-order valence-electron chi connectivity index (χ3n) is 3.42. The van der Waals surface area contributed by atoms with Crippen molar-refractivity contribution in [3.8, 4) is 0 Å². The number of nitrogens with one attached hydrogen (secondary N) is 2. The number of guanidine groups is 1. The Morgan fingerprint density at radius 3 is 2.44 bits per heavy atom. The summed E-state index contributed by atoms with van der Waals surface area (Å²) in [4.78, 5) is 8.61. The Bertz CT molecular complexity index is 647. The van der Waals surface area contributed by atoms with Gasteiger partial charge in [0.1, 0.15) is 11.0 Å². The SMILES string of the molecule is CCNC(=NCCc1ccc(F)cc1)NCCc1ccc(Cl)nc1.I. The molecule has 136 valence electrons. The maximum absolute atomic E-state index is 12.9. The summed E-state index contributed by atoms with van der Waals surface area (Å²) in [5, 5.41) is 7.02. The lowest BCUT2D eigenvalue weighted by Gasteiger charge is -2.11. The first-order valence-corrected chi connectivity index (χ1v) is 8.42. The second kappa shape index (κ2) is 12.0. The van der Waals surface area contributed by atoms with E-state index < -0.39 is 0 Å². The van der Waals surface area contributed by atoms with Gasteiger partial charge in [-0.2, -0.15) is 0 Å². The molecule has 7 heteroatoms. The molecular weight excluding hydrogens is 454 g/mol. The van der Waals surface area contributed by atoms with Gasteiger partial charge in [-0.25, -0.2) is 9.37 Å². The van der Waals surface area contributed by atoms with Crippen LogP contribution in [-0.4, -0.2) is 30.6 Å². The molecule has 1 aromatic carbocycles. The third kappa shape index (κ3) is 8.49. The van der Waals surface area contributed by atoms with Crippen LogP contribution >= 0.6 is 35.6 Å². The number of aromatic nitrogens is 1. The van der Waals surface area contributed by atoms with Gasteiger partial charge in [-0.3, -0.25) is 4.99 Å². The maximum Gasteiger partial charge on any atom is 0.191 e. The second-order valence-electron chi connectivity index (χ2n) is 5.30. The van der Waals surface area contributed by atoms with Crippen LogP contribution in [0.5, 0.6) is 0 Å². The molecule has 0 atom stereocenters. The van der Waals surface area contributed by atoms with Gasteiger partial charge in [-0.1, -0.05) is 29.8 Å². The summed E-state index contributed by atoms with van der Waals surface area (Å²) in [6.07, 6.45) is 3.40. The van der Waals surface area contributed by atoms with Crippen LogP contribution in [0, 0.1) is 5.82 Å². The quantitative estimate of drug-likeness (QED) is 0.276. The highest BCUT2D eigenvalue weighted by Crippen LogP contribution is 2.05. The molecular formula is C18H23ClFIN4. The van der Waals surface area contributed by atoms with Crippen molar-refractivity contribution in [3.05, 3.63) is 64.7 Å². The normalized spacial score (nSPS) is 10.9. The van der Waals surface area contributed by atoms with E-state index in [0.717, 1.165) is 43.0 Å². The Hall–Kier alpha value is -1.41. The van der Waals surface area contributed by atoms with E-state index in [0.29, 0.717) is 11.7 Å². The number of aliphatic imine (C=N–C) groups is 1. The molecule has 0 amide bonds. The molecule has 0 bridgehead atoms. The van der Waals surface area contributed by atoms with Crippen molar-refractivity contribution in [1.82, 2.24) is 15.6 Å². The molecule has 4 nitrogen and oxygen atoms in total. The van der Waals surface area contributed by atoms with Gasteiger partial charge < -0.3 is 10.6 Å². The van der Waals surface area contributed by atoms with E-state index in [4.69, 9.17) is 11.6 Å². The third-order valence-corrected chi connectivity index (χ3v) is 3.65. The monoisotopic (exact) mass is 476 g/mol. The molecule has 0 unspecified atom stereocenters. The first kappa shape index (κ1) is 21.6. The molecule has 0 spiro atoms. The van der Waals surface area contributed by atoms with Gasteiger partial charge in [-0.15, -0.1) is 24.0 Å². The number of rotatable bonds is 7. The maximum atomic E-state index is 12.9. The average molecular weight is 477 g/mol. The first-order valence-electron chi connectivity index (χ1n) is 8.04. The zero-order chi connectivity index (χ0) is 17.2. The van der Waals surface area contributed by atoms with E-state index in [1.807, 2.05) is 13.0 Å². The lowest BCUT2D eigenvalue weighted by molar-refractivity contribution is 0.627. The minimum absolute atomic E-state index is 0. The lowest BCUT2D eigenvalue weighted by Crippen LogP contribution is -2.38. The predicted octanol–water partition coefficient (Wildman–Crippen LogP) is 3.83. The van der Waals surface area contributed by atoms with Crippen LogP contribution in [0.1, 0.15) is 18.1 Å². The van der Waals surface area contributed by atoms with Crippen LogP contribution in [0.3, 0.4) is 0 Å². The van der Waals surface area contributed by atoms with Gasteiger partial charge in [0.05, 0.1) is 0 Å². The fraction of sp³-hybridized carbons (Fsp3) is 0.333. The standard InChI is InChI=1S/C18H22ClFN4.HI/c1-2-21-18(22-11-9-14-3-6-16(20)7-4-14)23-12-10-15-5-8-17(19)24-13-15;/h3-8,13H,2,9-12H2,1H3,(H2,21,22,23);1H. The van der Waals surface area contributed by atoms with Crippen molar-refractivity contribution in [1.29, 1.82) is 0 Å². The van der Waals surface area contributed by atoms with Gasteiger partial charge >= 0.3 is 0 Å². The smallest absolute Gasteiger partial charge is 0.191 e. The molecule has 0 saturated carbocycles. The molecule has 0 fully saturated rings. The molecule has 2 N–H and O–H groups in total. The topological polar surface area (TPSA) is 49.3 Å². The molecule has 2 aromatic rings. The van der Waals surface area contributed by atoms with Crippen LogP contribution in [0.2, 0.25) is 5.15 Å².